The summed E-state index contributed by atoms with van der Waals surface area (Å²) >= 11 is 0. The Morgan fingerprint density at radius 3 is 2.21 bits per heavy atom. The number of hydrazone groups is 1. The van der Waals surface area contributed by atoms with E-state index in [0.29, 0.717) is 23.7 Å². The maximum Gasteiger partial charge on any atom is 0.324 e. The van der Waals surface area contributed by atoms with Crippen molar-refractivity contribution in [3.63, 3.8) is 0 Å². The summed E-state index contributed by atoms with van der Waals surface area (Å²) in [6, 6.07) is 5.23. The zero-order valence-electron chi connectivity index (χ0n) is 17.3. The Kier molecular flexibility index (Phi) is 11.9. The first-order chi connectivity index (χ1) is 14.0. The fraction of sp³-hybridized carbons (Fsp3) is 0.571. The van der Waals surface area contributed by atoms with Gasteiger partial charge in [0.1, 0.15) is 13.1 Å². The number of aliphatic carboxylic acids is 2. The Balaban J connectivity index is 2.57. The SMILES string of the molecule is CCCCCCCCCOc1ccc(/C=N\N(CC(=O)O)CC(=O)O)cc1OC. The van der Waals surface area contributed by atoms with Gasteiger partial charge in [0.15, 0.2) is 11.5 Å². The van der Waals surface area contributed by atoms with Crippen molar-refractivity contribution in [2.75, 3.05) is 26.8 Å². The molecule has 0 unspecified atom stereocenters. The van der Waals surface area contributed by atoms with E-state index < -0.39 is 25.0 Å². The van der Waals surface area contributed by atoms with Crippen LogP contribution in [0.4, 0.5) is 0 Å². The van der Waals surface area contributed by atoms with Crippen molar-refractivity contribution in [3.8, 4) is 11.5 Å². The molecule has 0 fully saturated rings. The Morgan fingerprint density at radius 1 is 1.00 bits per heavy atom. The molecule has 1 aromatic carbocycles. The second-order valence-corrected chi connectivity index (χ2v) is 6.73. The number of benzene rings is 1. The van der Waals surface area contributed by atoms with Gasteiger partial charge in [0.2, 0.25) is 0 Å². The third-order valence-corrected chi connectivity index (χ3v) is 4.20. The van der Waals surface area contributed by atoms with Gasteiger partial charge in [-0.15, -0.1) is 0 Å². The van der Waals surface area contributed by atoms with E-state index in [2.05, 4.69) is 12.0 Å². The van der Waals surface area contributed by atoms with E-state index in [-0.39, 0.29) is 0 Å². The molecular weight excluding hydrogens is 376 g/mol. The Hall–Kier alpha value is -2.77. The maximum absolute atomic E-state index is 10.8. The van der Waals surface area contributed by atoms with Crippen LogP contribution in [0.15, 0.2) is 23.3 Å². The summed E-state index contributed by atoms with van der Waals surface area (Å²) in [5.41, 5.74) is 0.644. The normalized spacial score (nSPS) is 10.8. The lowest BCUT2D eigenvalue weighted by molar-refractivity contribution is -0.141. The van der Waals surface area contributed by atoms with Gasteiger partial charge in [0.05, 0.1) is 19.9 Å². The number of nitrogens with zero attached hydrogens (tertiary/aromatic N) is 2. The van der Waals surface area contributed by atoms with Crippen LogP contribution in [0.3, 0.4) is 0 Å². The fourth-order valence-electron chi connectivity index (χ4n) is 2.72. The number of carbonyl (C=O) groups is 2. The van der Waals surface area contributed by atoms with Crippen LogP contribution in [0, 0.1) is 0 Å². The molecule has 8 heteroatoms. The molecule has 0 bridgehead atoms. The highest BCUT2D eigenvalue weighted by atomic mass is 16.5. The highest BCUT2D eigenvalue weighted by molar-refractivity contribution is 5.81. The van der Waals surface area contributed by atoms with Gasteiger partial charge in [-0.3, -0.25) is 14.6 Å². The third-order valence-electron chi connectivity index (χ3n) is 4.20. The molecule has 162 valence electrons. The van der Waals surface area contributed by atoms with Crippen molar-refractivity contribution >= 4 is 18.2 Å². The lowest BCUT2D eigenvalue weighted by Crippen LogP contribution is -2.30. The summed E-state index contributed by atoms with van der Waals surface area (Å²) in [6.07, 6.45) is 9.86. The first kappa shape index (κ1) is 24.3. The number of methoxy groups -OCH3 is 1. The number of carboxylic acids is 2. The summed E-state index contributed by atoms with van der Waals surface area (Å²) < 4.78 is 11.2. The molecular formula is C21H32N2O6. The van der Waals surface area contributed by atoms with Crippen LogP contribution in [0.1, 0.15) is 57.4 Å². The molecule has 2 N–H and O–H groups in total. The monoisotopic (exact) mass is 408 g/mol. The van der Waals surface area contributed by atoms with Gasteiger partial charge in [-0.2, -0.15) is 5.10 Å². The molecule has 0 aliphatic heterocycles. The molecule has 8 nitrogen and oxygen atoms in total. The average molecular weight is 408 g/mol. The van der Waals surface area contributed by atoms with E-state index >= 15 is 0 Å². The third kappa shape index (κ3) is 11.0. The lowest BCUT2D eigenvalue weighted by Gasteiger charge is -2.14. The molecule has 0 aliphatic rings. The second kappa shape index (κ2) is 14.3. The zero-order valence-corrected chi connectivity index (χ0v) is 17.3. The number of hydrogen-bond donors (Lipinski definition) is 2. The predicted molar refractivity (Wildman–Crippen MR) is 111 cm³/mol. The summed E-state index contributed by atoms with van der Waals surface area (Å²) in [5, 5.41) is 22.6. The van der Waals surface area contributed by atoms with Crippen LogP contribution >= 0.6 is 0 Å². The minimum Gasteiger partial charge on any atom is -0.493 e. The van der Waals surface area contributed by atoms with Crippen LogP contribution in [0.5, 0.6) is 11.5 Å². The molecule has 0 amide bonds. The molecule has 0 aliphatic carbocycles. The first-order valence-electron chi connectivity index (χ1n) is 9.99. The van der Waals surface area contributed by atoms with Crippen molar-refractivity contribution in [1.29, 1.82) is 0 Å². The van der Waals surface area contributed by atoms with E-state index in [4.69, 9.17) is 19.7 Å². The molecule has 0 aromatic heterocycles. The summed E-state index contributed by atoms with van der Waals surface area (Å²) in [7, 11) is 1.54. The van der Waals surface area contributed by atoms with Crippen molar-refractivity contribution in [1.82, 2.24) is 5.01 Å². The van der Waals surface area contributed by atoms with Gasteiger partial charge in [0, 0.05) is 0 Å². The Morgan fingerprint density at radius 2 is 1.62 bits per heavy atom. The maximum atomic E-state index is 10.8. The highest BCUT2D eigenvalue weighted by Gasteiger charge is 2.11. The predicted octanol–water partition coefficient (Wildman–Crippen LogP) is 3.63. The number of ether oxygens (including phenoxy) is 2. The molecule has 0 heterocycles. The quantitative estimate of drug-likeness (QED) is 0.244. The molecule has 0 atom stereocenters. The van der Waals surface area contributed by atoms with Crippen LogP contribution in [0.2, 0.25) is 0 Å². The van der Waals surface area contributed by atoms with Gasteiger partial charge >= 0.3 is 11.9 Å². The van der Waals surface area contributed by atoms with Gasteiger partial charge < -0.3 is 19.7 Å². The largest absolute Gasteiger partial charge is 0.493 e. The van der Waals surface area contributed by atoms with E-state index in [1.807, 2.05) is 0 Å². The number of unbranched alkanes of at least 4 members (excludes halogenated alkanes) is 6. The highest BCUT2D eigenvalue weighted by Crippen LogP contribution is 2.28. The van der Waals surface area contributed by atoms with Gasteiger partial charge in [-0.25, -0.2) is 0 Å². The van der Waals surface area contributed by atoms with Crippen molar-refractivity contribution in [3.05, 3.63) is 23.8 Å². The molecule has 0 spiro atoms. The molecule has 0 radical (unpaired) electrons. The van der Waals surface area contributed by atoms with E-state index in [0.717, 1.165) is 17.9 Å². The minimum absolute atomic E-state index is 0.500. The molecule has 1 rings (SSSR count). The summed E-state index contributed by atoms with van der Waals surface area (Å²) in [6.45, 7) is 1.82. The van der Waals surface area contributed by atoms with E-state index in [1.165, 1.54) is 45.4 Å². The summed E-state index contributed by atoms with van der Waals surface area (Å²) in [5.74, 6) is -1.14. The minimum atomic E-state index is -1.16. The first-order valence-corrected chi connectivity index (χ1v) is 9.99. The summed E-state index contributed by atoms with van der Waals surface area (Å²) in [4.78, 5) is 21.6. The standard InChI is InChI=1S/C21H32N2O6/c1-3-4-5-6-7-8-9-12-29-18-11-10-17(13-19(18)28-2)14-22-23(15-20(24)25)16-21(26)27/h10-11,13-14H,3-9,12,15-16H2,1-2H3,(H,24,25)(H,26,27)/b22-14-. The smallest absolute Gasteiger partial charge is 0.324 e. The van der Waals surface area contributed by atoms with Gasteiger partial charge in [0.25, 0.3) is 0 Å². The van der Waals surface area contributed by atoms with Crippen molar-refractivity contribution in [2.45, 2.75) is 51.9 Å². The Labute approximate surface area is 172 Å². The lowest BCUT2D eigenvalue weighted by atomic mass is 10.1. The van der Waals surface area contributed by atoms with Gasteiger partial charge in [-0.05, 0) is 30.2 Å². The van der Waals surface area contributed by atoms with Crippen molar-refractivity contribution < 1.29 is 29.3 Å². The van der Waals surface area contributed by atoms with Crippen molar-refractivity contribution in [2.24, 2.45) is 5.10 Å². The van der Waals surface area contributed by atoms with Gasteiger partial charge in [-0.1, -0.05) is 45.4 Å². The number of hydrogen-bond acceptors (Lipinski definition) is 6. The average Bonchev–Trinajstić information content (AvgIpc) is 2.67. The van der Waals surface area contributed by atoms with Crippen LogP contribution in [0.25, 0.3) is 0 Å². The number of carboxylic acid groups (broad SMARTS) is 2. The zero-order chi connectivity index (χ0) is 21.5. The molecule has 1 aromatic rings. The molecule has 0 saturated carbocycles. The second-order valence-electron chi connectivity index (χ2n) is 6.73. The molecule has 0 saturated heterocycles. The number of rotatable bonds is 16. The van der Waals surface area contributed by atoms with E-state index in [9.17, 15) is 9.59 Å². The van der Waals surface area contributed by atoms with Crippen LogP contribution < -0.4 is 9.47 Å². The van der Waals surface area contributed by atoms with Crippen LogP contribution in [-0.2, 0) is 9.59 Å². The van der Waals surface area contributed by atoms with Crippen LogP contribution in [-0.4, -0.2) is 60.2 Å². The van der Waals surface area contributed by atoms with E-state index in [1.54, 1.807) is 18.2 Å². The fourth-order valence-corrected chi connectivity index (χ4v) is 2.72. The Bertz CT molecular complexity index is 647. The molecule has 29 heavy (non-hydrogen) atoms. The topological polar surface area (TPSA) is 109 Å².